The van der Waals surface area contributed by atoms with Crippen LogP contribution in [0.3, 0.4) is 0 Å². The molecule has 1 aromatic rings. The lowest BCUT2D eigenvalue weighted by atomic mass is 9.65. The summed E-state index contributed by atoms with van der Waals surface area (Å²) in [6, 6.07) is 2.10. The number of hydrogen-bond acceptors (Lipinski definition) is 2. The topological polar surface area (TPSA) is 25.2 Å². The summed E-state index contributed by atoms with van der Waals surface area (Å²) in [6.07, 6.45) is 5.81. The summed E-state index contributed by atoms with van der Waals surface area (Å²) < 4.78 is 5.57. The molecule has 64 valence electrons. The fourth-order valence-electron chi connectivity index (χ4n) is 2.46. The van der Waals surface area contributed by atoms with Gasteiger partial charge in [-0.05, 0) is 18.9 Å². The van der Waals surface area contributed by atoms with Crippen LogP contribution in [0.5, 0.6) is 0 Å². The Balaban J connectivity index is 2.09. The monoisotopic (exact) mass is 163 g/mol. The fourth-order valence-corrected chi connectivity index (χ4v) is 2.46. The van der Waals surface area contributed by atoms with Gasteiger partial charge >= 0.3 is 0 Å². The smallest absolute Gasteiger partial charge is 0.115 e. The summed E-state index contributed by atoms with van der Waals surface area (Å²) in [7, 11) is 0. The van der Waals surface area contributed by atoms with Gasteiger partial charge in [-0.3, -0.25) is 0 Å². The van der Waals surface area contributed by atoms with Crippen LogP contribution in [0, 0.1) is 0 Å². The number of hydrogen-bond donors (Lipinski definition) is 1. The van der Waals surface area contributed by atoms with E-state index in [9.17, 15) is 0 Å². The summed E-state index contributed by atoms with van der Waals surface area (Å²) in [5, 5.41) is 3.46. The molecule has 2 nitrogen and oxygen atoms in total. The predicted molar refractivity (Wildman–Crippen MR) is 45.9 cm³/mol. The molecule has 0 saturated heterocycles. The Labute approximate surface area is 72.0 Å². The van der Waals surface area contributed by atoms with Crippen LogP contribution in [0.25, 0.3) is 0 Å². The van der Waals surface area contributed by atoms with Crippen LogP contribution < -0.4 is 5.32 Å². The zero-order valence-corrected chi connectivity index (χ0v) is 7.10. The van der Waals surface area contributed by atoms with Crippen molar-refractivity contribution in [3.8, 4) is 0 Å². The van der Waals surface area contributed by atoms with Crippen LogP contribution in [0.4, 0.5) is 0 Å². The Morgan fingerprint density at radius 2 is 2.33 bits per heavy atom. The van der Waals surface area contributed by atoms with E-state index in [1.54, 1.807) is 0 Å². The standard InChI is InChI=1S/C10H13NO/c1-3-10(4-1)7-11-6-8-2-5-12-9(8)10/h2,5,11H,1,3-4,6-7H2. The molecule has 2 aliphatic rings. The average Bonchev–Trinajstić information content (AvgIpc) is 2.47. The van der Waals surface area contributed by atoms with E-state index >= 15 is 0 Å². The molecule has 1 aliphatic carbocycles. The highest BCUT2D eigenvalue weighted by Gasteiger charge is 2.44. The molecule has 0 radical (unpaired) electrons. The SMILES string of the molecule is c1cc2c(o1)C1(CCC1)CNC2. The van der Waals surface area contributed by atoms with Crippen LogP contribution >= 0.6 is 0 Å². The van der Waals surface area contributed by atoms with Gasteiger partial charge in [0.25, 0.3) is 0 Å². The molecule has 0 unspecified atom stereocenters. The summed E-state index contributed by atoms with van der Waals surface area (Å²) in [5.74, 6) is 1.27. The van der Waals surface area contributed by atoms with Crippen molar-refractivity contribution in [1.29, 1.82) is 0 Å². The lowest BCUT2D eigenvalue weighted by molar-refractivity contribution is 0.178. The molecule has 1 fully saturated rings. The van der Waals surface area contributed by atoms with Gasteiger partial charge in [-0.15, -0.1) is 0 Å². The fraction of sp³-hybridized carbons (Fsp3) is 0.600. The molecule has 1 aromatic heterocycles. The van der Waals surface area contributed by atoms with Gasteiger partial charge in [0.15, 0.2) is 0 Å². The minimum Gasteiger partial charge on any atom is -0.468 e. The summed E-state index contributed by atoms with van der Waals surface area (Å²) in [5.41, 5.74) is 1.76. The zero-order valence-electron chi connectivity index (χ0n) is 7.10. The van der Waals surface area contributed by atoms with E-state index in [-0.39, 0.29) is 0 Å². The first-order valence-corrected chi connectivity index (χ1v) is 4.68. The Bertz CT molecular complexity index is 299. The molecule has 1 spiro atoms. The highest BCUT2D eigenvalue weighted by Crippen LogP contribution is 2.46. The number of rotatable bonds is 0. The van der Waals surface area contributed by atoms with Crippen molar-refractivity contribution in [3.05, 3.63) is 23.7 Å². The summed E-state index contributed by atoms with van der Waals surface area (Å²) in [6.45, 7) is 2.11. The van der Waals surface area contributed by atoms with Crippen LogP contribution in [0.15, 0.2) is 16.7 Å². The molecule has 0 amide bonds. The quantitative estimate of drug-likeness (QED) is 0.631. The van der Waals surface area contributed by atoms with E-state index in [1.165, 1.54) is 30.6 Å². The van der Waals surface area contributed by atoms with Crippen LogP contribution in [0.1, 0.15) is 30.6 Å². The number of fused-ring (bicyclic) bond motifs is 2. The van der Waals surface area contributed by atoms with Gasteiger partial charge in [-0.25, -0.2) is 0 Å². The number of furan rings is 1. The van der Waals surface area contributed by atoms with Gasteiger partial charge < -0.3 is 9.73 Å². The molecule has 2 heterocycles. The molecule has 3 rings (SSSR count). The van der Waals surface area contributed by atoms with E-state index in [4.69, 9.17) is 4.42 Å². The van der Waals surface area contributed by atoms with Crippen LogP contribution in [-0.4, -0.2) is 6.54 Å². The Morgan fingerprint density at radius 1 is 1.42 bits per heavy atom. The van der Waals surface area contributed by atoms with Crippen LogP contribution in [0.2, 0.25) is 0 Å². The Hall–Kier alpha value is -0.760. The molecule has 0 aromatic carbocycles. The second kappa shape index (κ2) is 2.13. The molecule has 2 heteroatoms. The van der Waals surface area contributed by atoms with Gasteiger partial charge in [0, 0.05) is 24.1 Å². The Kier molecular flexibility index (Phi) is 1.20. The lowest BCUT2D eigenvalue weighted by Gasteiger charge is -2.43. The van der Waals surface area contributed by atoms with Crippen molar-refractivity contribution in [2.75, 3.05) is 6.54 Å². The maximum Gasteiger partial charge on any atom is 0.115 e. The van der Waals surface area contributed by atoms with E-state index in [2.05, 4.69) is 11.4 Å². The summed E-state index contributed by atoms with van der Waals surface area (Å²) >= 11 is 0. The van der Waals surface area contributed by atoms with Gasteiger partial charge in [-0.1, -0.05) is 6.42 Å². The van der Waals surface area contributed by atoms with Crippen LogP contribution in [-0.2, 0) is 12.0 Å². The van der Waals surface area contributed by atoms with Crippen molar-refractivity contribution < 1.29 is 4.42 Å². The molecule has 12 heavy (non-hydrogen) atoms. The normalized spacial score (nSPS) is 25.0. The lowest BCUT2D eigenvalue weighted by Crippen LogP contribution is -2.47. The predicted octanol–water partition coefficient (Wildman–Crippen LogP) is 1.80. The van der Waals surface area contributed by atoms with Crippen molar-refractivity contribution in [3.63, 3.8) is 0 Å². The molecular weight excluding hydrogens is 150 g/mol. The molecule has 1 N–H and O–H groups in total. The first-order valence-electron chi connectivity index (χ1n) is 4.68. The third-order valence-electron chi connectivity index (χ3n) is 3.32. The third kappa shape index (κ3) is 0.686. The van der Waals surface area contributed by atoms with E-state index < -0.39 is 0 Å². The number of nitrogens with one attached hydrogen (secondary N) is 1. The largest absolute Gasteiger partial charge is 0.468 e. The minimum atomic E-state index is 0.386. The third-order valence-corrected chi connectivity index (χ3v) is 3.32. The molecule has 1 saturated carbocycles. The highest BCUT2D eigenvalue weighted by atomic mass is 16.3. The zero-order chi connectivity index (χ0) is 8.02. The van der Waals surface area contributed by atoms with E-state index in [0.717, 1.165) is 13.1 Å². The van der Waals surface area contributed by atoms with Gasteiger partial charge in [0.1, 0.15) is 5.76 Å². The molecule has 0 atom stereocenters. The molecule has 0 bridgehead atoms. The van der Waals surface area contributed by atoms with E-state index in [0.29, 0.717) is 5.41 Å². The maximum absolute atomic E-state index is 5.57. The van der Waals surface area contributed by atoms with Crippen molar-refractivity contribution in [2.24, 2.45) is 0 Å². The Morgan fingerprint density at radius 3 is 3.08 bits per heavy atom. The second-order valence-electron chi connectivity index (χ2n) is 4.01. The highest BCUT2D eigenvalue weighted by molar-refractivity contribution is 5.30. The first kappa shape index (κ1) is 6.72. The van der Waals surface area contributed by atoms with E-state index in [1.807, 2.05) is 6.26 Å². The average molecular weight is 163 g/mol. The van der Waals surface area contributed by atoms with Crippen molar-refractivity contribution in [1.82, 2.24) is 5.32 Å². The second-order valence-corrected chi connectivity index (χ2v) is 4.01. The van der Waals surface area contributed by atoms with Crippen molar-refractivity contribution in [2.45, 2.75) is 31.2 Å². The first-order chi connectivity index (χ1) is 5.91. The van der Waals surface area contributed by atoms with Gasteiger partial charge in [0.2, 0.25) is 0 Å². The summed E-state index contributed by atoms with van der Waals surface area (Å²) in [4.78, 5) is 0. The van der Waals surface area contributed by atoms with Gasteiger partial charge in [0.05, 0.1) is 6.26 Å². The van der Waals surface area contributed by atoms with Crippen molar-refractivity contribution >= 4 is 0 Å². The van der Waals surface area contributed by atoms with Gasteiger partial charge in [-0.2, -0.15) is 0 Å². The molecular formula is C10H13NO. The minimum absolute atomic E-state index is 0.386. The maximum atomic E-state index is 5.57. The molecule has 1 aliphatic heterocycles.